The topological polar surface area (TPSA) is 35.2 Å². The highest BCUT2D eigenvalue weighted by molar-refractivity contribution is 7.80. The van der Waals surface area contributed by atoms with Gasteiger partial charge in [0.15, 0.2) is 0 Å². The summed E-state index contributed by atoms with van der Waals surface area (Å²) in [6.07, 6.45) is -0.240. The van der Waals surface area contributed by atoms with Crippen molar-refractivity contribution in [2.24, 2.45) is 5.73 Å². The van der Waals surface area contributed by atoms with Gasteiger partial charge in [-0.05, 0) is 29.8 Å². The van der Waals surface area contributed by atoms with Gasteiger partial charge in [0.1, 0.15) is 16.8 Å². The smallest absolute Gasteiger partial charge is 0.145 e. The standard InChI is InChI=1S/C13H13NOS/c1-9(13(14)16)15-12-7-6-10-4-2-3-5-11(10)8-12/h2-9H,1H3,(H2,14,16). The molecule has 2 aromatic rings. The molecular weight excluding hydrogens is 218 g/mol. The summed E-state index contributed by atoms with van der Waals surface area (Å²) in [6, 6.07) is 14.1. The fraction of sp³-hybridized carbons (Fsp3) is 0.154. The Hall–Kier alpha value is -1.61. The lowest BCUT2D eigenvalue weighted by Gasteiger charge is -2.13. The van der Waals surface area contributed by atoms with Crippen molar-refractivity contribution in [1.29, 1.82) is 0 Å². The number of ether oxygens (including phenoxy) is 1. The fourth-order valence-electron chi connectivity index (χ4n) is 1.50. The van der Waals surface area contributed by atoms with E-state index in [1.165, 1.54) is 5.39 Å². The van der Waals surface area contributed by atoms with Gasteiger partial charge in [-0.1, -0.05) is 42.5 Å². The third-order valence-corrected chi connectivity index (χ3v) is 2.77. The van der Waals surface area contributed by atoms with Crippen LogP contribution in [0.1, 0.15) is 6.92 Å². The number of rotatable bonds is 3. The molecule has 2 rings (SSSR count). The molecule has 2 nitrogen and oxygen atoms in total. The van der Waals surface area contributed by atoms with Crippen molar-refractivity contribution >= 4 is 28.0 Å². The number of thiocarbonyl (C=S) groups is 1. The molecule has 82 valence electrons. The van der Waals surface area contributed by atoms with E-state index in [1.54, 1.807) is 0 Å². The van der Waals surface area contributed by atoms with Crippen molar-refractivity contribution in [2.45, 2.75) is 13.0 Å². The highest BCUT2D eigenvalue weighted by atomic mass is 32.1. The van der Waals surface area contributed by atoms with Gasteiger partial charge in [0.2, 0.25) is 0 Å². The molecule has 0 heterocycles. The second kappa shape index (κ2) is 4.49. The van der Waals surface area contributed by atoms with Gasteiger partial charge in [-0.25, -0.2) is 0 Å². The van der Waals surface area contributed by atoms with Gasteiger partial charge in [0.25, 0.3) is 0 Å². The van der Waals surface area contributed by atoms with Crippen LogP contribution in [0.3, 0.4) is 0 Å². The second-order valence-corrected chi connectivity index (χ2v) is 4.14. The summed E-state index contributed by atoms with van der Waals surface area (Å²) >= 11 is 4.87. The molecule has 0 fully saturated rings. The Kier molecular flexibility index (Phi) is 3.06. The largest absolute Gasteiger partial charge is 0.484 e. The summed E-state index contributed by atoms with van der Waals surface area (Å²) in [7, 11) is 0. The molecule has 2 N–H and O–H groups in total. The molecule has 0 aliphatic rings. The molecule has 0 saturated carbocycles. The minimum Gasteiger partial charge on any atom is -0.484 e. The maximum atomic E-state index is 5.62. The molecule has 0 aliphatic heterocycles. The lowest BCUT2D eigenvalue weighted by atomic mass is 10.1. The van der Waals surface area contributed by atoms with Crippen molar-refractivity contribution in [3.8, 4) is 5.75 Å². The zero-order valence-electron chi connectivity index (χ0n) is 9.01. The number of nitrogens with two attached hydrogens (primary N) is 1. The average molecular weight is 231 g/mol. The average Bonchev–Trinajstić information content (AvgIpc) is 2.28. The highest BCUT2D eigenvalue weighted by Gasteiger charge is 2.06. The van der Waals surface area contributed by atoms with E-state index in [2.05, 4.69) is 6.07 Å². The highest BCUT2D eigenvalue weighted by Crippen LogP contribution is 2.21. The first-order chi connectivity index (χ1) is 7.66. The third-order valence-electron chi connectivity index (χ3n) is 2.43. The van der Waals surface area contributed by atoms with E-state index in [9.17, 15) is 0 Å². The van der Waals surface area contributed by atoms with Crippen molar-refractivity contribution in [2.75, 3.05) is 0 Å². The van der Waals surface area contributed by atoms with Crippen LogP contribution in [0.4, 0.5) is 0 Å². The Morgan fingerprint density at radius 1 is 1.19 bits per heavy atom. The van der Waals surface area contributed by atoms with Crippen LogP contribution >= 0.6 is 12.2 Å². The van der Waals surface area contributed by atoms with E-state index in [1.807, 2.05) is 43.3 Å². The fourth-order valence-corrected chi connectivity index (χ4v) is 1.55. The van der Waals surface area contributed by atoms with Crippen molar-refractivity contribution in [1.82, 2.24) is 0 Å². The van der Waals surface area contributed by atoms with E-state index < -0.39 is 0 Å². The van der Waals surface area contributed by atoms with Gasteiger partial charge >= 0.3 is 0 Å². The Balaban J connectivity index is 2.29. The third kappa shape index (κ3) is 2.31. The summed E-state index contributed by atoms with van der Waals surface area (Å²) in [5.74, 6) is 0.791. The summed E-state index contributed by atoms with van der Waals surface area (Å²) in [4.78, 5) is 0.369. The molecule has 0 amide bonds. The molecule has 0 aromatic heterocycles. The molecule has 1 unspecified atom stereocenters. The molecule has 1 atom stereocenters. The Bertz CT molecular complexity index is 524. The molecule has 16 heavy (non-hydrogen) atoms. The van der Waals surface area contributed by atoms with E-state index in [4.69, 9.17) is 22.7 Å². The van der Waals surface area contributed by atoms with Crippen LogP contribution < -0.4 is 10.5 Å². The lowest BCUT2D eigenvalue weighted by molar-refractivity contribution is 0.289. The molecule has 0 saturated heterocycles. The first kappa shape index (κ1) is 10.9. The molecule has 0 radical (unpaired) electrons. The van der Waals surface area contributed by atoms with Crippen LogP contribution in [0.25, 0.3) is 10.8 Å². The maximum Gasteiger partial charge on any atom is 0.145 e. The van der Waals surface area contributed by atoms with Crippen LogP contribution in [0.5, 0.6) is 5.75 Å². The van der Waals surface area contributed by atoms with Crippen molar-refractivity contribution in [3.05, 3.63) is 42.5 Å². The Morgan fingerprint density at radius 2 is 1.88 bits per heavy atom. The molecule has 3 heteroatoms. The van der Waals surface area contributed by atoms with Crippen LogP contribution in [0.2, 0.25) is 0 Å². The summed E-state index contributed by atoms with van der Waals surface area (Å²) < 4.78 is 5.62. The maximum absolute atomic E-state index is 5.62. The molecule has 0 spiro atoms. The Morgan fingerprint density at radius 3 is 2.56 bits per heavy atom. The van der Waals surface area contributed by atoms with E-state index in [-0.39, 0.29) is 6.10 Å². The number of hydrogen-bond acceptors (Lipinski definition) is 2. The van der Waals surface area contributed by atoms with Gasteiger partial charge in [-0.15, -0.1) is 0 Å². The number of benzene rings is 2. The van der Waals surface area contributed by atoms with Gasteiger partial charge < -0.3 is 10.5 Å². The van der Waals surface area contributed by atoms with E-state index in [0.717, 1.165) is 11.1 Å². The molecule has 0 aliphatic carbocycles. The Labute approximate surface area is 100 Å². The van der Waals surface area contributed by atoms with E-state index in [0.29, 0.717) is 4.99 Å². The quantitative estimate of drug-likeness (QED) is 0.825. The van der Waals surface area contributed by atoms with Crippen molar-refractivity contribution in [3.63, 3.8) is 0 Å². The van der Waals surface area contributed by atoms with Crippen LogP contribution in [0.15, 0.2) is 42.5 Å². The summed E-state index contributed by atoms with van der Waals surface area (Å²) in [5.41, 5.74) is 5.50. The minimum atomic E-state index is -0.240. The van der Waals surface area contributed by atoms with E-state index >= 15 is 0 Å². The predicted octanol–water partition coefficient (Wildman–Crippen LogP) is 2.89. The zero-order chi connectivity index (χ0) is 11.5. The lowest BCUT2D eigenvalue weighted by Crippen LogP contribution is -2.28. The summed E-state index contributed by atoms with van der Waals surface area (Å²) in [5, 5.41) is 2.34. The zero-order valence-corrected chi connectivity index (χ0v) is 9.83. The predicted molar refractivity (Wildman–Crippen MR) is 70.8 cm³/mol. The van der Waals surface area contributed by atoms with Gasteiger partial charge in [0.05, 0.1) is 0 Å². The first-order valence-electron chi connectivity index (χ1n) is 5.11. The van der Waals surface area contributed by atoms with Gasteiger partial charge in [-0.3, -0.25) is 0 Å². The SMILES string of the molecule is CC(Oc1ccc2ccccc2c1)C(N)=S. The van der Waals surface area contributed by atoms with Crippen LogP contribution in [-0.4, -0.2) is 11.1 Å². The molecular formula is C13H13NOS. The monoisotopic (exact) mass is 231 g/mol. The van der Waals surface area contributed by atoms with Gasteiger partial charge in [0, 0.05) is 0 Å². The summed E-state index contributed by atoms with van der Waals surface area (Å²) in [6.45, 7) is 1.84. The van der Waals surface area contributed by atoms with Gasteiger partial charge in [-0.2, -0.15) is 0 Å². The normalized spacial score (nSPS) is 12.3. The molecule has 2 aromatic carbocycles. The first-order valence-corrected chi connectivity index (χ1v) is 5.52. The number of fused-ring (bicyclic) bond motifs is 1. The minimum absolute atomic E-state index is 0.240. The van der Waals surface area contributed by atoms with Crippen molar-refractivity contribution < 1.29 is 4.74 Å². The number of hydrogen-bond donors (Lipinski definition) is 1. The van der Waals surface area contributed by atoms with Crippen LogP contribution in [-0.2, 0) is 0 Å². The molecule has 0 bridgehead atoms. The van der Waals surface area contributed by atoms with Crippen LogP contribution in [0, 0.1) is 0 Å². The second-order valence-electron chi connectivity index (χ2n) is 3.67.